The molecule has 2 aromatic rings. The van der Waals surface area contributed by atoms with Gasteiger partial charge in [0, 0.05) is 6.54 Å². The van der Waals surface area contributed by atoms with Gasteiger partial charge in [-0.05, 0) is 19.1 Å². The maximum atomic E-state index is 11.6. The van der Waals surface area contributed by atoms with Gasteiger partial charge in [0.05, 0.1) is 29.9 Å². The number of nitrogens with zero attached hydrogens (tertiary/aromatic N) is 2. The Labute approximate surface area is 122 Å². The summed E-state index contributed by atoms with van der Waals surface area (Å²) in [5.74, 6) is -0.213. The molecule has 5 heteroatoms. The second-order valence-corrected chi connectivity index (χ2v) is 5.45. The number of hydrogen-bond acceptors (Lipinski definition) is 5. The van der Waals surface area contributed by atoms with E-state index >= 15 is 0 Å². The zero-order valence-electron chi connectivity index (χ0n) is 11.5. The van der Waals surface area contributed by atoms with E-state index in [-0.39, 0.29) is 12.5 Å². The fourth-order valence-electron chi connectivity index (χ4n) is 1.94. The Morgan fingerprint density at radius 2 is 2.30 bits per heavy atom. The van der Waals surface area contributed by atoms with Crippen molar-refractivity contribution in [2.75, 3.05) is 19.7 Å². The lowest BCUT2D eigenvalue weighted by atomic mass is 10.3. The molecule has 0 fully saturated rings. The minimum atomic E-state index is -0.213. The summed E-state index contributed by atoms with van der Waals surface area (Å²) in [7, 11) is 0. The minimum Gasteiger partial charge on any atom is -0.465 e. The maximum Gasteiger partial charge on any atom is 0.320 e. The molecule has 1 heterocycles. The third kappa shape index (κ3) is 3.88. The Hall–Kier alpha value is -1.72. The monoisotopic (exact) mass is 290 g/mol. The average Bonchev–Trinajstić information content (AvgIpc) is 2.81. The summed E-state index contributed by atoms with van der Waals surface area (Å²) in [5, 5.41) is 0.998. The number of esters is 1. The van der Waals surface area contributed by atoms with Crippen molar-refractivity contribution in [2.45, 2.75) is 13.5 Å². The van der Waals surface area contributed by atoms with Crippen LogP contribution >= 0.6 is 11.3 Å². The van der Waals surface area contributed by atoms with Gasteiger partial charge in [0.25, 0.3) is 0 Å². The van der Waals surface area contributed by atoms with Gasteiger partial charge in [0.2, 0.25) is 0 Å². The number of rotatable bonds is 7. The first-order valence-corrected chi connectivity index (χ1v) is 7.38. The quantitative estimate of drug-likeness (QED) is 0.581. The van der Waals surface area contributed by atoms with Crippen LogP contribution in [-0.4, -0.2) is 35.5 Å². The Morgan fingerprint density at radius 3 is 3.00 bits per heavy atom. The van der Waals surface area contributed by atoms with Gasteiger partial charge in [-0.3, -0.25) is 9.69 Å². The van der Waals surface area contributed by atoms with Crippen LogP contribution in [0.1, 0.15) is 11.9 Å². The van der Waals surface area contributed by atoms with Gasteiger partial charge in [-0.1, -0.05) is 18.2 Å². The van der Waals surface area contributed by atoms with E-state index in [1.807, 2.05) is 30.0 Å². The molecule has 0 aliphatic carbocycles. The van der Waals surface area contributed by atoms with Crippen LogP contribution < -0.4 is 0 Å². The van der Waals surface area contributed by atoms with Crippen LogP contribution in [0.15, 0.2) is 36.9 Å². The SMILES string of the molecule is C=CCN(CC(=O)OCC)Cc1nc2ccccc2s1. The number of ether oxygens (including phenoxy) is 1. The van der Waals surface area contributed by atoms with Crippen molar-refractivity contribution >= 4 is 27.5 Å². The zero-order valence-corrected chi connectivity index (χ0v) is 12.4. The normalized spacial score (nSPS) is 10.9. The molecular weight excluding hydrogens is 272 g/mol. The third-order valence-corrected chi connectivity index (χ3v) is 3.76. The van der Waals surface area contributed by atoms with E-state index in [1.54, 1.807) is 17.4 Å². The molecule has 0 amide bonds. The summed E-state index contributed by atoms with van der Waals surface area (Å²) in [6.07, 6.45) is 1.78. The number of fused-ring (bicyclic) bond motifs is 1. The van der Waals surface area contributed by atoms with E-state index in [2.05, 4.69) is 17.6 Å². The molecule has 0 bridgehead atoms. The number of para-hydroxylation sites is 1. The third-order valence-electron chi connectivity index (χ3n) is 2.74. The lowest BCUT2D eigenvalue weighted by Gasteiger charge is -2.17. The molecule has 0 atom stereocenters. The smallest absolute Gasteiger partial charge is 0.320 e. The van der Waals surface area contributed by atoms with Gasteiger partial charge in [0.15, 0.2) is 0 Å². The highest BCUT2D eigenvalue weighted by Gasteiger charge is 2.13. The Bertz CT molecular complexity index is 561. The van der Waals surface area contributed by atoms with Gasteiger partial charge < -0.3 is 4.74 Å². The molecule has 0 aliphatic heterocycles. The summed E-state index contributed by atoms with van der Waals surface area (Å²) in [5.41, 5.74) is 1.00. The molecule has 1 aromatic carbocycles. The first-order chi connectivity index (χ1) is 9.72. The number of carbonyl (C=O) groups excluding carboxylic acids is 1. The summed E-state index contributed by atoms with van der Waals surface area (Å²) in [4.78, 5) is 18.1. The number of benzene rings is 1. The van der Waals surface area contributed by atoms with Gasteiger partial charge in [0.1, 0.15) is 5.01 Å². The van der Waals surface area contributed by atoms with Crippen molar-refractivity contribution in [3.8, 4) is 0 Å². The van der Waals surface area contributed by atoms with Crippen molar-refractivity contribution in [3.63, 3.8) is 0 Å². The summed E-state index contributed by atoms with van der Waals surface area (Å²) >= 11 is 1.65. The number of thiazole rings is 1. The Balaban J connectivity index is 2.06. The van der Waals surface area contributed by atoms with Gasteiger partial charge in [-0.2, -0.15) is 0 Å². The van der Waals surface area contributed by atoms with E-state index in [1.165, 1.54) is 0 Å². The Kier molecular flexibility index (Phi) is 5.26. The molecule has 0 spiro atoms. The van der Waals surface area contributed by atoms with Gasteiger partial charge >= 0.3 is 5.97 Å². The number of hydrogen-bond donors (Lipinski definition) is 0. The molecule has 2 rings (SSSR count). The first kappa shape index (κ1) is 14.7. The van der Waals surface area contributed by atoms with Crippen molar-refractivity contribution in [3.05, 3.63) is 41.9 Å². The fraction of sp³-hybridized carbons (Fsp3) is 0.333. The molecule has 0 unspecified atom stereocenters. The van der Waals surface area contributed by atoms with Crippen molar-refractivity contribution < 1.29 is 9.53 Å². The predicted molar refractivity (Wildman–Crippen MR) is 81.7 cm³/mol. The van der Waals surface area contributed by atoms with Crippen LogP contribution in [0, 0.1) is 0 Å². The van der Waals surface area contributed by atoms with Crippen LogP contribution in [0.3, 0.4) is 0 Å². The maximum absolute atomic E-state index is 11.6. The molecule has 0 radical (unpaired) electrons. The van der Waals surface area contributed by atoms with Gasteiger partial charge in [-0.15, -0.1) is 17.9 Å². The van der Waals surface area contributed by atoms with Crippen molar-refractivity contribution in [1.29, 1.82) is 0 Å². The highest BCUT2D eigenvalue weighted by atomic mass is 32.1. The molecule has 1 aromatic heterocycles. The largest absolute Gasteiger partial charge is 0.465 e. The van der Waals surface area contributed by atoms with Crippen molar-refractivity contribution in [2.24, 2.45) is 0 Å². The topological polar surface area (TPSA) is 42.4 Å². The second-order valence-electron chi connectivity index (χ2n) is 4.34. The fourth-order valence-corrected chi connectivity index (χ4v) is 2.95. The van der Waals surface area contributed by atoms with E-state index in [9.17, 15) is 4.79 Å². The number of carbonyl (C=O) groups is 1. The first-order valence-electron chi connectivity index (χ1n) is 6.56. The summed E-state index contributed by atoms with van der Waals surface area (Å²) in [6, 6.07) is 8.04. The predicted octanol–water partition coefficient (Wildman–Crippen LogP) is 2.85. The standard InChI is InChI=1S/C15H18N2O2S/c1-3-9-17(11-15(18)19-4-2)10-14-16-12-7-5-6-8-13(12)20-14/h3,5-8H,1,4,9-11H2,2H3. The van der Waals surface area contributed by atoms with Gasteiger partial charge in [-0.25, -0.2) is 4.98 Å². The average molecular weight is 290 g/mol. The zero-order chi connectivity index (χ0) is 14.4. The highest BCUT2D eigenvalue weighted by molar-refractivity contribution is 7.18. The molecule has 106 valence electrons. The molecular formula is C15H18N2O2S. The lowest BCUT2D eigenvalue weighted by molar-refractivity contribution is -0.144. The molecule has 0 saturated carbocycles. The molecule has 0 saturated heterocycles. The summed E-state index contributed by atoms with van der Waals surface area (Å²) in [6.45, 7) is 7.46. The highest BCUT2D eigenvalue weighted by Crippen LogP contribution is 2.22. The molecule has 0 aliphatic rings. The summed E-state index contributed by atoms with van der Waals surface area (Å²) < 4.78 is 6.15. The van der Waals surface area contributed by atoms with Crippen LogP contribution in [0.4, 0.5) is 0 Å². The molecule has 20 heavy (non-hydrogen) atoms. The van der Waals surface area contributed by atoms with E-state index in [0.717, 1.165) is 15.2 Å². The molecule has 0 N–H and O–H groups in total. The van der Waals surface area contributed by atoms with Crippen LogP contribution in [0.25, 0.3) is 10.2 Å². The van der Waals surface area contributed by atoms with E-state index in [0.29, 0.717) is 19.7 Å². The molecule has 4 nitrogen and oxygen atoms in total. The number of aromatic nitrogens is 1. The Morgan fingerprint density at radius 1 is 1.50 bits per heavy atom. The second kappa shape index (κ2) is 7.17. The van der Waals surface area contributed by atoms with Crippen LogP contribution in [0.5, 0.6) is 0 Å². The minimum absolute atomic E-state index is 0.213. The lowest BCUT2D eigenvalue weighted by Crippen LogP contribution is -2.30. The van der Waals surface area contributed by atoms with E-state index < -0.39 is 0 Å². The van der Waals surface area contributed by atoms with Crippen LogP contribution in [-0.2, 0) is 16.1 Å². The van der Waals surface area contributed by atoms with Crippen LogP contribution in [0.2, 0.25) is 0 Å². The van der Waals surface area contributed by atoms with Crippen molar-refractivity contribution in [1.82, 2.24) is 9.88 Å². The van der Waals surface area contributed by atoms with E-state index in [4.69, 9.17) is 4.74 Å².